The fraction of sp³-hybridized carbons (Fsp3) is 0.923. The minimum absolute atomic E-state index is 0.192. The van der Waals surface area contributed by atoms with Gasteiger partial charge in [-0.25, -0.2) is 0 Å². The summed E-state index contributed by atoms with van der Waals surface area (Å²) in [6, 6.07) is 0.315. The Morgan fingerprint density at radius 3 is 2.72 bits per heavy atom. The van der Waals surface area contributed by atoms with E-state index in [1.807, 2.05) is 0 Å². The van der Waals surface area contributed by atoms with E-state index in [0.717, 1.165) is 39.3 Å². The highest BCUT2D eigenvalue weighted by atomic mass is 16.1. The summed E-state index contributed by atoms with van der Waals surface area (Å²) in [5, 5.41) is 6.49. The maximum Gasteiger partial charge on any atom is 0.221 e. The second kappa shape index (κ2) is 6.50. The van der Waals surface area contributed by atoms with Gasteiger partial charge in [-0.3, -0.25) is 4.79 Å². The number of amides is 1. The smallest absolute Gasteiger partial charge is 0.221 e. The molecule has 2 aliphatic heterocycles. The number of nitrogens with one attached hydrogen (secondary N) is 2. The third-order valence-corrected chi connectivity index (χ3v) is 3.97. The van der Waals surface area contributed by atoms with Crippen molar-refractivity contribution >= 4 is 5.91 Å². The highest BCUT2D eigenvalue weighted by Crippen LogP contribution is 2.12. The van der Waals surface area contributed by atoms with Crippen molar-refractivity contribution in [3.8, 4) is 0 Å². The summed E-state index contributed by atoms with van der Waals surface area (Å²) in [4.78, 5) is 16.5. The molecule has 0 aromatic heterocycles. The van der Waals surface area contributed by atoms with Crippen LogP contribution in [0.3, 0.4) is 0 Å². The van der Waals surface area contributed by atoms with Gasteiger partial charge in [-0.2, -0.15) is 0 Å². The second-order valence-corrected chi connectivity index (χ2v) is 5.84. The van der Waals surface area contributed by atoms with Crippen LogP contribution in [0.2, 0.25) is 0 Å². The first kappa shape index (κ1) is 13.8. The van der Waals surface area contributed by atoms with E-state index >= 15 is 0 Å². The molecule has 5 heteroatoms. The molecule has 5 nitrogen and oxygen atoms in total. The largest absolute Gasteiger partial charge is 0.356 e. The molecule has 2 aliphatic rings. The van der Waals surface area contributed by atoms with Crippen LogP contribution >= 0.6 is 0 Å². The van der Waals surface area contributed by atoms with Gasteiger partial charge in [-0.05, 0) is 33.0 Å². The minimum atomic E-state index is 0.192. The summed E-state index contributed by atoms with van der Waals surface area (Å²) < 4.78 is 0. The summed E-state index contributed by atoms with van der Waals surface area (Å²) >= 11 is 0. The number of hydrogen-bond acceptors (Lipinski definition) is 4. The molecule has 2 heterocycles. The predicted molar refractivity (Wildman–Crippen MR) is 72.5 cm³/mol. The molecule has 0 aliphatic carbocycles. The summed E-state index contributed by atoms with van der Waals surface area (Å²) in [7, 11) is 4.25. The number of rotatable bonds is 4. The molecule has 104 valence electrons. The zero-order chi connectivity index (χ0) is 13.0. The van der Waals surface area contributed by atoms with E-state index in [0.29, 0.717) is 18.4 Å². The number of hydrogen-bond donors (Lipinski definition) is 2. The van der Waals surface area contributed by atoms with Crippen LogP contribution < -0.4 is 10.6 Å². The van der Waals surface area contributed by atoms with Crippen molar-refractivity contribution in [1.29, 1.82) is 0 Å². The molecule has 0 spiro atoms. The van der Waals surface area contributed by atoms with Gasteiger partial charge >= 0.3 is 0 Å². The van der Waals surface area contributed by atoms with E-state index in [2.05, 4.69) is 34.5 Å². The summed E-state index contributed by atoms with van der Waals surface area (Å²) in [6.07, 6.45) is 1.81. The van der Waals surface area contributed by atoms with Crippen molar-refractivity contribution in [2.24, 2.45) is 5.92 Å². The van der Waals surface area contributed by atoms with Crippen LogP contribution in [0.4, 0.5) is 0 Å². The van der Waals surface area contributed by atoms with Gasteiger partial charge in [0.1, 0.15) is 0 Å². The van der Waals surface area contributed by atoms with Gasteiger partial charge < -0.3 is 20.4 Å². The maximum atomic E-state index is 11.9. The van der Waals surface area contributed by atoms with Crippen molar-refractivity contribution in [1.82, 2.24) is 20.4 Å². The number of carbonyl (C=O) groups is 1. The van der Waals surface area contributed by atoms with Gasteiger partial charge in [0.15, 0.2) is 0 Å². The first-order chi connectivity index (χ1) is 8.63. The maximum absolute atomic E-state index is 11.9. The van der Waals surface area contributed by atoms with E-state index in [4.69, 9.17) is 0 Å². The Kier molecular flexibility index (Phi) is 4.97. The van der Waals surface area contributed by atoms with Gasteiger partial charge in [0.25, 0.3) is 0 Å². The molecule has 2 N–H and O–H groups in total. The van der Waals surface area contributed by atoms with Gasteiger partial charge in [0.2, 0.25) is 5.91 Å². The lowest BCUT2D eigenvalue weighted by Crippen LogP contribution is -2.50. The van der Waals surface area contributed by atoms with Crippen LogP contribution in [0, 0.1) is 5.92 Å². The molecule has 1 amide bonds. The predicted octanol–water partition coefficient (Wildman–Crippen LogP) is -0.652. The molecule has 2 saturated heterocycles. The molecule has 0 aromatic rings. The first-order valence-corrected chi connectivity index (χ1v) is 7.00. The number of likely N-dealkylation sites (tertiary alicyclic amines) is 1. The van der Waals surface area contributed by atoms with Crippen LogP contribution in [-0.4, -0.2) is 75.1 Å². The van der Waals surface area contributed by atoms with Crippen molar-refractivity contribution in [3.05, 3.63) is 0 Å². The third-order valence-electron chi connectivity index (χ3n) is 3.97. The second-order valence-electron chi connectivity index (χ2n) is 5.84. The molecule has 2 atom stereocenters. The molecule has 0 aromatic carbocycles. The molecule has 2 unspecified atom stereocenters. The van der Waals surface area contributed by atoms with Crippen LogP contribution in [0.25, 0.3) is 0 Å². The zero-order valence-corrected chi connectivity index (χ0v) is 11.6. The molecular formula is C13H26N4O. The first-order valence-electron chi connectivity index (χ1n) is 7.00. The Hall–Kier alpha value is -0.650. The molecule has 2 fully saturated rings. The van der Waals surface area contributed by atoms with Crippen LogP contribution in [0.15, 0.2) is 0 Å². The normalized spacial score (nSPS) is 30.6. The minimum Gasteiger partial charge on any atom is -0.356 e. The van der Waals surface area contributed by atoms with Crippen molar-refractivity contribution < 1.29 is 4.79 Å². The molecule has 0 saturated carbocycles. The Balaban J connectivity index is 1.62. The SMILES string of the molecule is CN1CCC(CNC(=O)CC2CN(C)CCN2)C1. The van der Waals surface area contributed by atoms with E-state index in [-0.39, 0.29) is 5.91 Å². The lowest BCUT2D eigenvalue weighted by atomic mass is 10.1. The van der Waals surface area contributed by atoms with Gasteiger partial charge in [0, 0.05) is 45.2 Å². The quantitative estimate of drug-likeness (QED) is 0.700. The summed E-state index contributed by atoms with van der Waals surface area (Å²) in [6.45, 7) is 6.15. The molecule has 0 bridgehead atoms. The number of carbonyl (C=O) groups excluding carboxylic acids is 1. The van der Waals surface area contributed by atoms with E-state index in [1.165, 1.54) is 6.42 Å². The third kappa shape index (κ3) is 4.23. The van der Waals surface area contributed by atoms with Crippen molar-refractivity contribution in [2.75, 3.05) is 53.4 Å². The molecule has 2 rings (SSSR count). The lowest BCUT2D eigenvalue weighted by Gasteiger charge is -2.30. The average molecular weight is 254 g/mol. The molecule has 18 heavy (non-hydrogen) atoms. The molecular weight excluding hydrogens is 228 g/mol. The number of piperazine rings is 1. The highest BCUT2D eigenvalue weighted by Gasteiger charge is 2.22. The number of nitrogens with zero attached hydrogens (tertiary/aromatic N) is 2. The lowest BCUT2D eigenvalue weighted by molar-refractivity contribution is -0.122. The van der Waals surface area contributed by atoms with Crippen molar-refractivity contribution in [2.45, 2.75) is 18.9 Å². The molecule has 0 radical (unpaired) electrons. The topological polar surface area (TPSA) is 47.6 Å². The van der Waals surface area contributed by atoms with E-state index in [9.17, 15) is 4.79 Å². The Bertz CT molecular complexity index is 284. The Morgan fingerprint density at radius 1 is 1.28 bits per heavy atom. The van der Waals surface area contributed by atoms with Crippen LogP contribution in [0.1, 0.15) is 12.8 Å². The average Bonchev–Trinajstić information content (AvgIpc) is 2.73. The fourth-order valence-corrected chi connectivity index (χ4v) is 2.88. The number of likely N-dealkylation sites (N-methyl/N-ethyl adjacent to an activating group) is 1. The van der Waals surface area contributed by atoms with E-state index < -0.39 is 0 Å². The monoisotopic (exact) mass is 254 g/mol. The highest BCUT2D eigenvalue weighted by molar-refractivity contribution is 5.76. The van der Waals surface area contributed by atoms with E-state index in [1.54, 1.807) is 0 Å². The van der Waals surface area contributed by atoms with Gasteiger partial charge in [-0.15, -0.1) is 0 Å². The Morgan fingerprint density at radius 2 is 2.06 bits per heavy atom. The summed E-state index contributed by atoms with van der Waals surface area (Å²) in [5.41, 5.74) is 0. The van der Waals surface area contributed by atoms with Crippen LogP contribution in [0.5, 0.6) is 0 Å². The Labute approximate surface area is 110 Å². The summed E-state index contributed by atoms with van der Waals surface area (Å²) in [5.74, 6) is 0.832. The standard InChI is InChI=1S/C13H26N4O/c1-16-5-3-11(9-16)8-15-13(18)7-12-10-17(2)6-4-14-12/h11-12,14H,3-10H2,1-2H3,(H,15,18). The van der Waals surface area contributed by atoms with Crippen LogP contribution in [-0.2, 0) is 4.79 Å². The fourth-order valence-electron chi connectivity index (χ4n) is 2.88. The van der Waals surface area contributed by atoms with Gasteiger partial charge in [-0.1, -0.05) is 0 Å². The van der Waals surface area contributed by atoms with Crippen molar-refractivity contribution in [3.63, 3.8) is 0 Å². The van der Waals surface area contributed by atoms with Gasteiger partial charge in [0.05, 0.1) is 0 Å². The zero-order valence-electron chi connectivity index (χ0n) is 11.6.